The monoisotopic (exact) mass is 403 g/mol. The van der Waals surface area contributed by atoms with Gasteiger partial charge in [0.05, 0.1) is 0 Å². The van der Waals surface area contributed by atoms with Crippen molar-refractivity contribution in [1.29, 1.82) is 0 Å². The zero-order valence-electron chi connectivity index (χ0n) is 16.1. The van der Waals surface area contributed by atoms with Crippen molar-refractivity contribution >= 4 is 29.7 Å². The molecule has 0 aromatic carbocycles. The van der Waals surface area contributed by atoms with Gasteiger partial charge in [-0.2, -0.15) is 0 Å². The first kappa shape index (κ1) is 19.0. The number of guanidine groups is 1. The Morgan fingerprint density at radius 3 is 2.64 bits per heavy atom. The van der Waals surface area contributed by atoms with Gasteiger partial charge in [0.15, 0.2) is 23.3 Å². The lowest BCUT2D eigenvalue weighted by atomic mass is 9.99. The molecule has 0 aliphatic carbocycles. The minimum absolute atomic E-state index is 0.279. The van der Waals surface area contributed by atoms with Gasteiger partial charge in [-0.25, -0.2) is 19.8 Å². The van der Waals surface area contributed by atoms with Crippen LogP contribution < -0.4 is 5.32 Å². The SMILES string of the molecule is CC1CCN(C2=NC3C(C(=O)NC(=O)N3C)N2CCSc2ncccn2)CC1. The van der Waals surface area contributed by atoms with Crippen LogP contribution in [0.15, 0.2) is 28.6 Å². The van der Waals surface area contributed by atoms with E-state index < -0.39 is 18.2 Å². The van der Waals surface area contributed by atoms with Crippen LogP contribution in [0.1, 0.15) is 19.8 Å². The van der Waals surface area contributed by atoms with Gasteiger partial charge < -0.3 is 14.7 Å². The molecule has 3 aliphatic rings. The van der Waals surface area contributed by atoms with Gasteiger partial charge >= 0.3 is 6.03 Å². The predicted octanol–water partition coefficient (Wildman–Crippen LogP) is 0.849. The number of urea groups is 1. The first-order chi connectivity index (χ1) is 13.5. The summed E-state index contributed by atoms with van der Waals surface area (Å²) in [4.78, 5) is 43.8. The molecule has 0 spiro atoms. The van der Waals surface area contributed by atoms with Crippen LogP contribution in [-0.4, -0.2) is 87.2 Å². The Kier molecular flexibility index (Phi) is 5.38. The maximum atomic E-state index is 12.6. The third-order valence-electron chi connectivity index (χ3n) is 5.51. The minimum atomic E-state index is -0.491. The molecular formula is C18H25N7O2S. The lowest BCUT2D eigenvalue weighted by Gasteiger charge is -2.39. The number of nitrogens with one attached hydrogen (secondary N) is 1. The lowest BCUT2D eigenvalue weighted by Crippen LogP contribution is -2.64. The van der Waals surface area contributed by atoms with Gasteiger partial charge in [-0.05, 0) is 24.8 Å². The van der Waals surface area contributed by atoms with E-state index in [1.165, 1.54) is 4.90 Å². The van der Waals surface area contributed by atoms with E-state index in [2.05, 4.69) is 32.0 Å². The molecular weight excluding hydrogens is 378 g/mol. The van der Waals surface area contributed by atoms with Gasteiger partial charge in [-0.15, -0.1) is 0 Å². The molecule has 0 saturated carbocycles. The molecule has 3 amide bonds. The van der Waals surface area contributed by atoms with Crippen LogP contribution in [0.3, 0.4) is 0 Å². The number of hydrogen-bond donors (Lipinski definition) is 1. The standard InChI is InChI=1S/C18H25N7O2S/c1-12-4-8-24(9-5-12)17-21-14-13(15(26)22-18(27)23(14)2)25(17)10-11-28-16-19-6-3-7-20-16/h3,6-7,12-14H,4-5,8-11H2,1-2H3,(H,22,26,27). The number of aliphatic imine (C=N–C) groups is 1. The number of likely N-dealkylation sites (N-methyl/N-ethyl adjacent to an activating group) is 1. The summed E-state index contributed by atoms with van der Waals surface area (Å²) in [7, 11) is 1.69. The first-order valence-corrected chi connectivity index (χ1v) is 10.6. The number of carbonyl (C=O) groups excluding carboxylic acids is 2. The topological polar surface area (TPSA) is 94.0 Å². The highest BCUT2D eigenvalue weighted by Gasteiger charge is 2.49. The number of likely N-dealkylation sites (tertiary alicyclic amines) is 1. The molecule has 150 valence electrons. The second kappa shape index (κ2) is 7.94. The van der Waals surface area contributed by atoms with Crippen molar-refractivity contribution in [3.05, 3.63) is 18.5 Å². The van der Waals surface area contributed by atoms with E-state index in [1.54, 1.807) is 37.3 Å². The van der Waals surface area contributed by atoms with Crippen LogP contribution in [0, 0.1) is 5.92 Å². The van der Waals surface area contributed by atoms with Gasteiger partial charge in [-0.1, -0.05) is 18.7 Å². The number of aromatic nitrogens is 2. The second-order valence-corrected chi connectivity index (χ2v) is 8.50. The largest absolute Gasteiger partial charge is 0.343 e. The number of rotatable bonds is 4. The van der Waals surface area contributed by atoms with Gasteiger partial charge in [0, 0.05) is 44.8 Å². The van der Waals surface area contributed by atoms with Gasteiger partial charge in [0.2, 0.25) is 0 Å². The molecule has 2 fully saturated rings. The van der Waals surface area contributed by atoms with Crippen molar-refractivity contribution in [2.75, 3.05) is 32.4 Å². The van der Waals surface area contributed by atoms with E-state index in [9.17, 15) is 9.59 Å². The molecule has 2 atom stereocenters. The number of imide groups is 1. The summed E-state index contributed by atoms with van der Waals surface area (Å²) in [6, 6.07) is 0.904. The average molecular weight is 404 g/mol. The molecule has 1 aromatic rings. The van der Waals surface area contributed by atoms with E-state index in [-0.39, 0.29) is 5.91 Å². The molecule has 9 nitrogen and oxygen atoms in total. The number of fused-ring (bicyclic) bond motifs is 1. The van der Waals surface area contributed by atoms with Crippen LogP contribution in [0.5, 0.6) is 0 Å². The number of piperidine rings is 1. The highest BCUT2D eigenvalue weighted by molar-refractivity contribution is 7.99. The van der Waals surface area contributed by atoms with E-state index in [0.717, 1.165) is 37.6 Å². The maximum Gasteiger partial charge on any atom is 0.325 e. The number of amides is 3. The van der Waals surface area contributed by atoms with Crippen LogP contribution >= 0.6 is 11.8 Å². The highest BCUT2D eigenvalue weighted by atomic mass is 32.2. The Balaban J connectivity index is 1.52. The number of thioether (sulfide) groups is 1. The number of nitrogens with zero attached hydrogens (tertiary/aromatic N) is 6. The van der Waals surface area contributed by atoms with Crippen molar-refractivity contribution < 1.29 is 9.59 Å². The summed E-state index contributed by atoms with van der Waals surface area (Å²) in [5.74, 6) is 1.97. The molecule has 0 radical (unpaired) electrons. The quantitative estimate of drug-likeness (QED) is 0.588. The molecule has 4 heterocycles. The number of hydrogen-bond acceptors (Lipinski definition) is 8. The van der Waals surface area contributed by atoms with Crippen molar-refractivity contribution in [3.8, 4) is 0 Å². The smallest absolute Gasteiger partial charge is 0.325 e. The summed E-state index contributed by atoms with van der Waals surface area (Å²) < 4.78 is 0. The van der Waals surface area contributed by atoms with Gasteiger partial charge in [-0.3, -0.25) is 10.1 Å². The fourth-order valence-corrected chi connectivity index (χ4v) is 4.56. The van der Waals surface area contributed by atoms with Crippen LogP contribution in [0.4, 0.5) is 4.79 Å². The van der Waals surface area contributed by atoms with Crippen LogP contribution in [0.25, 0.3) is 0 Å². The van der Waals surface area contributed by atoms with E-state index in [4.69, 9.17) is 4.99 Å². The Hall–Kier alpha value is -2.36. The summed E-state index contributed by atoms with van der Waals surface area (Å²) in [6.45, 7) is 4.74. The maximum absolute atomic E-state index is 12.6. The Morgan fingerprint density at radius 2 is 1.93 bits per heavy atom. The third kappa shape index (κ3) is 3.65. The first-order valence-electron chi connectivity index (χ1n) is 9.61. The summed E-state index contributed by atoms with van der Waals surface area (Å²) in [6.07, 6.45) is 5.18. The van der Waals surface area contributed by atoms with Gasteiger partial charge in [0.1, 0.15) is 0 Å². The molecule has 1 N–H and O–H groups in total. The molecule has 2 saturated heterocycles. The fourth-order valence-electron chi connectivity index (χ4n) is 3.82. The van der Waals surface area contributed by atoms with Crippen molar-refractivity contribution in [1.82, 2.24) is 30.0 Å². The second-order valence-electron chi connectivity index (χ2n) is 7.44. The van der Waals surface area contributed by atoms with Gasteiger partial charge in [0.25, 0.3) is 5.91 Å². The van der Waals surface area contributed by atoms with E-state index in [0.29, 0.717) is 17.6 Å². The van der Waals surface area contributed by atoms with E-state index in [1.807, 2.05) is 0 Å². The number of carbonyl (C=O) groups is 2. The van der Waals surface area contributed by atoms with Crippen LogP contribution in [-0.2, 0) is 4.79 Å². The predicted molar refractivity (Wildman–Crippen MR) is 106 cm³/mol. The van der Waals surface area contributed by atoms with Crippen molar-refractivity contribution in [2.45, 2.75) is 37.1 Å². The van der Waals surface area contributed by atoms with E-state index >= 15 is 0 Å². The molecule has 28 heavy (non-hydrogen) atoms. The van der Waals surface area contributed by atoms with Crippen molar-refractivity contribution in [2.24, 2.45) is 10.9 Å². The Bertz CT molecular complexity index is 766. The third-order valence-corrected chi connectivity index (χ3v) is 6.37. The summed E-state index contributed by atoms with van der Waals surface area (Å²) in [5, 5.41) is 3.16. The lowest BCUT2D eigenvalue weighted by molar-refractivity contribution is -0.127. The normalized spacial score (nSPS) is 25.6. The minimum Gasteiger partial charge on any atom is -0.343 e. The highest BCUT2D eigenvalue weighted by Crippen LogP contribution is 2.28. The summed E-state index contributed by atoms with van der Waals surface area (Å²) >= 11 is 1.55. The van der Waals surface area contributed by atoms with Crippen molar-refractivity contribution in [3.63, 3.8) is 0 Å². The fraction of sp³-hybridized carbons (Fsp3) is 0.611. The summed E-state index contributed by atoms with van der Waals surface area (Å²) in [5.41, 5.74) is 0. The molecule has 3 aliphatic heterocycles. The van der Waals surface area contributed by atoms with Crippen LogP contribution in [0.2, 0.25) is 0 Å². The Labute approximate surface area is 168 Å². The zero-order chi connectivity index (χ0) is 19.7. The molecule has 2 unspecified atom stereocenters. The average Bonchev–Trinajstić information content (AvgIpc) is 3.08. The molecule has 0 bridgehead atoms. The molecule has 1 aromatic heterocycles. The molecule has 10 heteroatoms. The Morgan fingerprint density at radius 1 is 1.21 bits per heavy atom. The molecule has 4 rings (SSSR count). The zero-order valence-corrected chi connectivity index (χ0v) is 16.9.